The van der Waals surface area contributed by atoms with Crippen LogP contribution >= 0.6 is 0 Å². The molecule has 0 fully saturated rings. The molecular weight excluding hydrogens is 300 g/mol. The quantitative estimate of drug-likeness (QED) is 0.343. The van der Waals surface area contributed by atoms with Crippen LogP contribution in [0, 0.1) is 0 Å². The van der Waals surface area contributed by atoms with Crippen LogP contribution in [0.4, 0.5) is 0 Å². The van der Waals surface area contributed by atoms with Gasteiger partial charge in [0.2, 0.25) is 0 Å². The van der Waals surface area contributed by atoms with Crippen molar-refractivity contribution >= 4 is 0 Å². The SMILES string of the molecule is CCCCCCCCC(c1ccc(CC)cc1)C(OC)(OC)OC. The minimum atomic E-state index is -1.02. The molecule has 0 bridgehead atoms. The zero-order chi connectivity index (χ0) is 17.8. The average Bonchev–Trinajstić information content (AvgIpc) is 2.64. The topological polar surface area (TPSA) is 27.7 Å². The molecule has 0 amide bonds. The van der Waals surface area contributed by atoms with Crippen LogP contribution in [-0.2, 0) is 20.6 Å². The van der Waals surface area contributed by atoms with Crippen molar-refractivity contribution in [3.05, 3.63) is 35.4 Å². The Kier molecular flexibility index (Phi) is 10.2. The van der Waals surface area contributed by atoms with Gasteiger partial charge in [-0.15, -0.1) is 0 Å². The molecule has 0 spiro atoms. The largest absolute Gasteiger partial charge is 0.330 e. The van der Waals surface area contributed by atoms with Crippen molar-refractivity contribution in [2.75, 3.05) is 21.3 Å². The van der Waals surface area contributed by atoms with E-state index in [0.717, 1.165) is 19.3 Å². The van der Waals surface area contributed by atoms with E-state index in [4.69, 9.17) is 14.2 Å². The predicted molar refractivity (Wildman–Crippen MR) is 100 cm³/mol. The number of benzene rings is 1. The Hall–Kier alpha value is -0.900. The third kappa shape index (κ3) is 5.87. The van der Waals surface area contributed by atoms with Gasteiger partial charge in [0.1, 0.15) is 0 Å². The van der Waals surface area contributed by atoms with Crippen LogP contribution in [-0.4, -0.2) is 27.3 Å². The summed E-state index contributed by atoms with van der Waals surface area (Å²) < 4.78 is 17.0. The summed E-state index contributed by atoms with van der Waals surface area (Å²) in [6, 6.07) is 8.75. The Morgan fingerprint density at radius 3 is 1.83 bits per heavy atom. The maximum Gasteiger partial charge on any atom is 0.289 e. The van der Waals surface area contributed by atoms with Crippen molar-refractivity contribution in [3.8, 4) is 0 Å². The molecule has 1 unspecified atom stereocenters. The maximum atomic E-state index is 5.66. The Labute approximate surface area is 148 Å². The Morgan fingerprint density at radius 2 is 1.33 bits per heavy atom. The lowest BCUT2D eigenvalue weighted by molar-refractivity contribution is -0.365. The molecular formula is C21H36O3. The Balaban J connectivity index is 2.82. The highest BCUT2D eigenvalue weighted by Gasteiger charge is 2.40. The number of ether oxygens (including phenoxy) is 3. The summed E-state index contributed by atoms with van der Waals surface area (Å²) in [6.07, 6.45) is 9.69. The number of rotatable bonds is 13. The van der Waals surface area contributed by atoms with E-state index in [2.05, 4.69) is 38.1 Å². The summed E-state index contributed by atoms with van der Waals surface area (Å²) in [4.78, 5) is 0. The Morgan fingerprint density at radius 1 is 0.792 bits per heavy atom. The molecule has 0 aliphatic carbocycles. The molecule has 0 aliphatic heterocycles. The van der Waals surface area contributed by atoms with Crippen molar-refractivity contribution in [2.24, 2.45) is 0 Å². The molecule has 3 nitrogen and oxygen atoms in total. The van der Waals surface area contributed by atoms with Gasteiger partial charge in [-0.1, -0.05) is 76.6 Å². The average molecular weight is 337 g/mol. The van der Waals surface area contributed by atoms with Gasteiger partial charge >= 0.3 is 0 Å². The van der Waals surface area contributed by atoms with Crippen molar-refractivity contribution in [3.63, 3.8) is 0 Å². The van der Waals surface area contributed by atoms with Gasteiger partial charge in [0, 0.05) is 21.3 Å². The lowest BCUT2D eigenvalue weighted by Gasteiger charge is -2.36. The predicted octanol–water partition coefficient (Wildman–Crippen LogP) is 5.68. The summed E-state index contributed by atoms with van der Waals surface area (Å²) in [6.45, 7) is 4.42. The second-order valence-electron chi connectivity index (χ2n) is 6.42. The number of methoxy groups -OCH3 is 3. The first-order valence-electron chi connectivity index (χ1n) is 9.41. The van der Waals surface area contributed by atoms with E-state index in [-0.39, 0.29) is 5.92 Å². The van der Waals surface area contributed by atoms with E-state index < -0.39 is 5.97 Å². The number of hydrogen-bond acceptors (Lipinski definition) is 3. The first kappa shape index (κ1) is 21.1. The van der Waals surface area contributed by atoms with Crippen LogP contribution < -0.4 is 0 Å². The molecule has 138 valence electrons. The van der Waals surface area contributed by atoms with Gasteiger partial charge in [-0.25, -0.2) is 0 Å². The molecule has 0 radical (unpaired) electrons. The molecule has 0 saturated heterocycles. The molecule has 24 heavy (non-hydrogen) atoms. The van der Waals surface area contributed by atoms with Gasteiger partial charge in [0.05, 0.1) is 5.92 Å². The molecule has 1 atom stereocenters. The molecule has 0 aliphatic rings. The first-order chi connectivity index (χ1) is 11.7. The zero-order valence-electron chi connectivity index (χ0n) is 16.3. The first-order valence-corrected chi connectivity index (χ1v) is 9.41. The van der Waals surface area contributed by atoms with Crippen molar-refractivity contribution < 1.29 is 14.2 Å². The third-order valence-electron chi connectivity index (χ3n) is 4.92. The van der Waals surface area contributed by atoms with E-state index in [0.29, 0.717) is 0 Å². The summed E-state index contributed by atoms with van der Waals surface area (Å²) in [7, 11) is 4.96. The minimum Gasteiger partial charge on any atom is -0.330 e. The van der Waals surface area contributed by atoms with Gasteiger partial charge in [0.15, 0.2) is 0 Å². The summed E-state index contributed by atoms with van der Waals surface area (Å²) >= 11 is 0. The fourth-order valence-corrected chi connectivity index (χ4v) is 3.34. The summed E-state index contributed by atoms with van der Waals surface area (Å²) in [5.74, 6) is -0.952. The van der Waals surface area contributed by atoms with Crippen LogP contribution in [0.15, 0.2) is 24.3 Å². The highest BCUT2D eigenvalue weighted by Crippen LogP contribution is 2.37. The molecule has 0 saturated carbocycles. The normalized spacial score (nSPS) is 13.2. The molecule has 1 rings (SSSR count). The van der Waals surface area contributed by atoms with Crippen LogP contribution in [0.25, 0.3) is 0 Å². The minimum absolute atomic E-state index is 0.0644. The van der Waals surface area contributed by atoms with Crippen molar-refractivity contribution in [2.45, 2.75) is 77.1 Å². The highest BCUT2D eigenvalue weighted by molar-refractivity contribution is 5.26. The molecule has 3 heteroatoms. The fourth-order valence-electron chi connectivity index (χ4n) is 3.34. The fraction of sp³-hybridized carbons (Fsp3) is 0.714. The van der Waals surface area contributed by atoms with Gasteiger partial charge in [0.25, 0.3) is 5.97 Å². The van der Waals surface area contributed by atoms with Gasteiger partial charge < -0.3 is 14.2 Å². The van der Waals surface area contributed by atoms with E-state index in [1.807, 2.05) is 0 Å². The molecule has 0 aromatic heterocycles. The lowest BCUT2D eigenvalue weighted by Crippen LogP contribution is -2.42. The molecule has 0 N–H and O–H groups in total. The smallest absolute Gasteiger partial charge is 0.289 e. The van der Waals surface area contributed by atoms with Gasteiger partial charge in [-0.3, -0.25) is 0 Å². The number of hydrogen-bond donors (Lipinski definition) is 0. The third-order valence-corrected chi connectivity index (χ3v) is 4.92. The van der Waals surface area contributed by atoms with E-state index in [9.17, 15) is 0 Å². The second-order valence-corrected chi connectivity index (χ2v) is 6.42. The Bertz CT molecular complexity index is 415. The second kappa shape index (κ2) is 11.6. The monoisotopic (exact) mass is 336 g/mol. The zero-order valence-corrected chi connectivity index (χ0v) is 16.3. The molecule has 1 aromatic carbocycles. The van der Waals surface area contributed by atoms with Crippen LogP contribution in [0.2, 0.25) is 0 Å². The number of unbranched alkanes of at least 4 members (excludes halogenated alkanes) is 5. The van der Waals surface area contributed by atoms with E-state index >= 15 is 0 Å². The van der Waals surface area contributed by atoms with Gasteiger partial charge in [-0.05, 0) is 24.0 Å². The van der Waals surface area contributed by atoms with Crippen LogP contribution in [0.5, 0.6) is 0 Å². The molecule has 0 heterocycles. The van der Waals surface area contributed by atoms with E-state index in [1.54, 1.807) is 21.3 Å². The van der Waals surface area contributed by atoms with Gasteiger partial charge in [-0.2, -0.15) is 0 Å². The highest BCUT2D eigenvalue weighted by atomic mass is 16.9. The number of aryl methyl sites for hydroxylation is 1. The lowest BCUT2D eigenvalue weighted by atomic mass is 9.89. The summed E-state index contributed by atoms with van der Waals surface area (Å²) in [5.41, 5.74) is 2.56. The maximum absolute atomic E-state index is 5.66. The van der Waals surface area contributed by atoms with Crippen LogP contribution in [0.3, 0.4) is 0 Å². The van der Waals surface area contributed by atoms with E-state index in [1.165, 1.54) is 43.2 Å². The van der Waals surface area contributed by atoms with Crippen molar-refractivity contribution in [1.29, 1.82) is 0 Å². The molecule has 1 aromatic rings. The standard InChI is InChI=1S/C21H36O3/c1-6-8-9-10-11-12-13-20(21(22-3,23-4)24-5)19-16-14-18(7-2)15-17-19/h14-17,20H,6-13H2,1-5H3. The van der Waals surface area contributed by atoms with Crippen LogP contribution in [0.1, 0.15) is 75.8 Å². The van der Waals surface area contributed by atoms with Crippen molar-refractivity contribution in [1.82, 2.24) is 0 Å². The summed E-state index contributed by atoms with van der Waals surface area (Å²) in [5, 5.41) is 0.